The van der Waals surface area contributed by atoms with Crippen LogP contribution in [0.3, 0.4) is 0 Å². The fraction of sp³-hybridized carbons (Fsp3) is 0.0769. The van der Waals surface area contributed by atoms with Crippen LogP contribution in [0.1, 0.15) is 5.56 Å². The first-order valence-corrected chi connectivity index (χ1v) is 9.05. The zero-order chi connectivity index (χ0) is 16.5. The van der Waals surface area contributed by atoms with Crippen LogP contribution in [0.4, 0.5) is 10.1 Å². The van der Waals surface area contributed by atoms with Crippen LogP contribution < -0.4 is 9.86 Å². The van der Waals surface area contributed by atoms with Crippen molar-refractivity contribution in [2.24, 2.45) is 5.14 Å². The average Bonchev–Trinajstić information content (AvgIpc) is 2.39. The van der Waals surface area contributed by atoms with E-state index in [-0.39, 0.29) is 10.6 Å². The topological polar surface area (TPSA) is 106 Å². The van der Waals surface area contributed by atoms with Gasteiger partial charge in [0.2, 0.25) is 10.0 Å². The van der Waals surface area contributed by atoms with Gasteiger partial charge in [0.1, 0.15) is 10.7 Å². The second-order valence-corrected chi connectivity index (χ2v) is 7.74. The number of primary sulfonamides is 1. The Kier molecular flexibility index (Phi) is 4.23. The summed E-state index contributed by atoms with van der Waals surface area (Å²) < 4.78 is 62.9. The summed E-state index contributed by atoms with van der Waals surface area (Å²) in [7, 11) is -8.17. The van der Waals surface area contributed by atoms with Crippen molar-refractivity contribution >= 4 is 25.7 Å². The molecule has 0 aliphatic rings. The molecule has 2 rings (SSSR count). The summed E-state index contributed by atoms with van der Waals surface area (Å²) in [6, 6.07) is 8.71. The minimum atomic E-state index is -4.18. The lowest BCUT2D eigenvalue weighted by atomic mass is 10.2. The summed E-state index contributed by atoms with van der Waals surface area (Å²) in [5.41, 5.74) is 0.342. The van der Waals surface area contributed by atoms with E-state index in [1.807, 2.05) is 0 Å². The second kappa shape index (κ2) is 5.67. The van der Waals surface area contributed by atoms with Crippen molar-refractivity contribution in [2.75, 3.05) is 4.72 Å². The highest BCUT2D eigenvalue weighted by molar-refractivity contribution is 7.92. The van der Waals surface area contributed by atoms with Crippen molar-refractivity contribution in [1.82, 2.24) is 0 Å². The van der Waals surface area contributed by atoms with Crippen LogP contribution in [0.5, 0.6) is 0 Å². The molecule has 2 aromatic rings. The van der Waals surface area contributed by atoms with Gasteiger partial charge in [0.05, 0.1) is 10.6 Å². The molecular formula is C13H13FN2O4S2. The van der Waals surface area contributed by atoms with E-state index in [2.05, 4.69) is 4.72 Å². The zero-order valence-corrected chi connectivity index (χ0v) is 13.1. The lowest BCUT2D eigenvalue weighted by Crippen LogP contribution is -2.17. The van der Waals surface area contributed by atoms with Crippen molar-refractivity contribution in [3.63, 3.8) is 0 Å². The van der Waals surface area contributed by atoms with Gasteiger partial charge in [0.15, 0.2) is 0 Å². The molecule has 0 unspecified atom stereocenters. The number of halogens is 1. The minimum Gasteiger partial charge on any atom is -0.279 e. The highest BCUT2D eigenvalue weighted by Crippen LogP contribution is 2.22. The number of nitrogens with two attached hydrogens (primary N) is 1. The van der Waals surface area contributed by atoms with E-state index < -0.39 is 30.8 Å². The predicted molar refractivity (Wildman–Crippen MR) is 79.8 cm³/mol. The van der Waals surface area contributed by atoms with Gasteiger partial charge >= 0.3 is 0 Å². The first-order chi connectivity index (χ1) is 10.1. The van der Waals surface area contributed by atoms with Crippen molar-refractivity contribution < 1.29 is 21.2 Å². The van der Waals surface area contributed by atoms with Crippen molar-refractivity contribution in [1.29, 1.82) is 0 Å². The van der Waals surface area contributed by atoms with Gasteiger partial charge in [-0.1, -0.05) is 18.2 Å². The maximum Gasteiger partial charge on any atom is 0.264 e. The monoisotopic (exact) mass is 344 g/mol. The molecule has 9 heteroatoms. The second-order valence-electron chi connectivity index (χ2n) is 4.56. The normalized spacial score (nSPS) is 12.1. The SMILES string of the molecule is Cc1ccc(NS(=O)(=O)c2ccccc2F)cc1S(N)(=O)=O. The van der Waals surface area contributed by atoms with Crippen molar-refractivity contribution in [2.45, 2.75) is 16.7 Å². The zero-order valence-electron chi connectivity index (χ0n) is 11.4. The number of benzene rings is 2. The van der Waals surface area contributed by atoms with E-state index in [4.69, 9.17) is 5.14 Å². The van der Waals surface area contributed by atoms with Gasteiger partial charge in [0.25, 0.3) is 10.0 Å². The number of nitrogens with one attached hydrogen (secondary N) is 1. The summed E-state index contributed by atoms with van der Waals surface area (Å²) >= 11 is 0. The standard InChI is InChI=1S/C13H13FN2O4S2/c1-9-6-7-10(8-13(9)21(15,17)18)16-22(19,20)12-5-3-2-4-11(12)14/h2-8,16H,1H3,(H2,15,17,18). The van der Waals surface area contributed by atoms with Crippen LogP contribution in [-0.2, 0) is 20.0 Å². The molecule has 0 radical (unpaired) electrons. The smallest absolute Gasteiger partial charge is 0.264 e. The van der Waals surface area contributed by atoms with E-state index in [9.17, 15) is 21.2 Å². The molecule has 118 valence electrons. The molecule has 0 aliphatic carbocycles. The van der Waals surface area contributed by atoms with Gasteiger partial charge in [-0.15, -0.1) is 0 Å². The van der Waals surface area contributed by atoms with Crippen molar-refractivity contribution in [3.8, 4) is 0 Å². The molecule has 6 nitrogen and oxygen atoms in total. The Balaban J connectivity index is 2.46. The van der Waals surface area contributed by atoms with Crippen molar-refractivity contribution in [3.05, 3.63) is 53.8 Å². The first-order valence-electron chi connectivity index (χ1n) is 6.02. The highest BCUT2D eigenvalue weighted by atomic mass is 32.2. The Labute approximate surface area is 127 Å². The molecule has 0 fully saturated rings. The highest BCUT2D eigenvalue weighted by Gasteiger charge is 2.20. The number of rotatable bonds is 4. The average molecular weight is 344 g/mol. The molecule has 0 aromatic heterocycles. The largest absolute Gasteiger partial charge is 0.279 e. The van der Waals surface area contributed by atoms with Crippen LogP contribution in [-0.4, -0.2) is 16.8 Å². The fourth-order valence-electron chi connectivity index (χ4n) is 1.84. The van der Waals surface area contributed by atoms with Gasteiger partial charge in [-0.2, -0.15) is 0 Å². The van der Waals surface area contributed by atoms with E-state index in [1.165, 1.54) is 31.2 Å². The summed E-state index contributed by atoms with van der Waals surface area (Å²) in [6.45, 7) is 1.52. The number of aryl methyl sites for hydroxylation is 1. The molecule has 0 heterocycles. The van der Waals surface area contributed by atoms with E-state index >= 15 is 0 Å². The third-order valence-corrected chi connectivity index (χ3v) is 5.34. The van der Waals surface area contributed by atoms with E-state index in [0.717, 1.165) is 18.2 Å². The minimum absolute atomic E-state index is 0.0297. The Morgan fingerprint density at radius 2 is 1.64 bits per heavy atom. The molecular weight excluding hydrogens is 331 g/mol. The quantitative estimate of drug-likeness (QED) is 0.878. The van der Waals surface area contributed by atoms with E-state index in [0.29, 0.717) is 5.56 Å². The molecule has 3 N–H and O–H groups in total. The van der Waals surface area contributed by atoms with E-state index in [1.54, 1.807) is 0 Å². The fourth-order valence-corrected chi connectivity index (χ4v) is 3.78. The number of hydrogen-bond donors (Lipinski definition) is 2. The van der Waals surface area contributed by atoms with Gasteiger partial charge in [-0.05, 0) is 36.8 Å². The van der Waals surface area contributed by atoms with Gasteiger partial charge in [0, 0.05) is 0 Å². The Bertz CT molecular complexity index is 925. The molecule has 0 saturated heterocycles. The van der Waals surface area contributed by atoms with Gasteiger partial charge in [-0.3, -0.25) is 4.72 Å². The maximum atomic E-state index is 13.6. The summed E-state index contributed by atoms with van der Waals surface area (Å²) in [5, 5.41) is 5.06. The number of sulfonamides is 2. The molecule has 22 heavy (non-hydrogen) atoms. The first kappa shape index (κ1) is 16.4. The maximum absolute atomic E-state index is 13.6. The molecule has 0 amide bonds. The summed E-state index contributed by atoms with van der Waals surface area (Å²) in [4.78, 5) is -0.742. The summed E-state index contributed by atoms with van der Waals surface area (Å²) in [6.07, 6.45) is 0. The number of anilines is 1. The number of hydrogen-bond acceptors (Lipinski definition) is 4. The lowest BCUT2D eigenvalue weighted by Gasteiger charge is -2.11. The Hall–Kier alpha value is -1.97. The van der Waals surface area contributed by atoms with Crippen LogP contribution in [0.25, 0.3) is 0 Å². The van der Waals surface area contributed by atoms with Gasteiger partial charge in [-0.25, -0.2) is 26.4 Å². The van der Waals surface area contributed by atoms with Crippen LogP contribution in [0.2, 0.25) is 0 Å². The third-order valence-electron chi connectivity index (χ3n) is 2.87. The van der Waals surface area contributed by atoms with Crippen LogP contribution in [0, 0.1) is 12.7 Å². The van der Waals surface area contributed by atoms with Gasteiger partial charge < -0.3 is 0 Å². The Morgan fingerprint density at radius 3 is 2.23 bits per heavy atom. The predicted octanol–water partition coefficient (Wildman–Crippen LogP) is 1.58. The molecule has 0 spiro atoms. The molecule has 0 bridgehead atoms. The molecule has 2 aromatic carbocycles. The Morgan fingerprint density at radius 1 is 1.00 bits per heavy atom. The molecule has 0 saturated carbocycles. The molecule has 0 atom stereocenters. The lowest BCUT2D eigenvalue weighted by molar-refractivity contribution is 0.570. The molecule has 0 aliphatic heterocycles. The third kappa shape index (κ3) is 3.43. The summed E-state index contributed by atoms with van der Waals surface area (Å²) in [5.74, 6) is -0.909. The van der Waals surface area contributed by atoms with Crippen LogP contribution >= 0.6 is 0 Å². The van der Waals surface area contributed by atoms with Crippen LogP contribution in [0.15, 0.2) is 52.3 Å².